The third-order valence-corrected chi connectivity index (χ3v) is 6.41. The van der Waals surface area contributed by atoms with Crippen molar-refractivity contribution >= 4 is 11.3 Å². The fraction of sp³-hybridized carbons (Fsp3) is 0.778. The number of rotatable bonds is 5. The van der Waals surface area contributed by atoms with E-state index in [1.54, 1.807) is 0 Å². The van der Waals surface area contributed by atoms with Gasteiger partial charge in [-0.25, -0.2) is 0 Å². The highest BCUT2D eigenvalue weighted by Crippen LogP contribution is 2.42. The molecule has 2 fully saturated rings. The lowest BCUT2D eigenvalue weighted by Crippen LogP contribution is -2.45. The number of fused-ring (bicyclic) bond motifs is 1. The van der Waals surface area contributed by atoms with Crippen molar-refractivity contribution in [1.82, 2.24) is 4.90 Å². The monoisotopic (exact) mass is 307 g/mol. The third-order valence-electron chi connectivity index (χ3n) is 5.55. The van der Waals surface area contributed by atoms with Crippen molar-refractivity contribution in [3.8, 4) is 0 Å². The molecule has 0 aliphatic heterocycles. The molecule has 2 saturated carbocycles. The predicted molar refractivity (Wildman–Crippen MR) is 89.5 cm³/mol. The molecule has 0 aromatic carbocycles. The van der Waals surface area contributed by atoms with Gasteiger partial charge in [0, 0.05) is 17.5 Å². The van der Waals surface area contributed by atoms with E-state index in [4.69, 9.17) is 0 Å². The van der Waals surface area contributed by atoms with Crippen molar-refractivity contribution < 1.29 is 5.11 Å². The van der Waals surface area contributed by atoms with Crippen LogP contribution in [0.3, 0.4) is 0 Å². The molecule has 3 heteroatoms. The minimum Gasteiger partial charge on any atom is -0.393 e. The second kappa shape index (κ2) is 7.26. The number of nitrogens with zero attached hydrogens (tertiary/aromatic N) is 1. The van der Waals surface area contributed by atoms with Crippen LogP contribution in [0, 0.1) is 11.8 Å². The van der Waals surface area contributed by atoms with E-state index < -0.39 is 0 Å². The van der Waals surface area contributed by atoms with Gasteiger partial charge in [0.05, 0.1) is 6.10 Å². The van der Waals surface area contributed by atoms with Gasteiger partial charge in [-0.15, -0.1) is 11.3 Å². The topological polar surface area (TPSA) is 23.5 Å². The minimum absolute atomic E-state index is 0.0124. The Balaban J connectivity index is 1.63. The predicted octanol–water partition coefficient (Wildman–Crippen LogP) is 4.29. The lowest BCUT2D eigenvalue weighted by Gasteiger charge is -2.45. The van der Waals surface area contributed by atoms with Crippen LogP contribution in [0.15, 0.2) is 17.5 Å². The van der Waals surface area contributed by atoms with Crippen LogP contribution in [0.2, 0.25) is 0 Å². The molecule has 1 N–H and O–H groups in total. The highest BCUT2D eigenvalue weighted by atomic mass is 32.1. The number of hydrogen-bond donors (Lipinski definition) is 1. The SMILES string of the molecule is CCCN(Cc1cccs1)[C@H]1CCC2C(O)CCCC2C1. The van der Waals surface area contributed by atoms with Crippen molar-refractivity contribution in [2.75, 3.05) is 6.54 Å². The molecule has 3 unspecified atom stereocenters. The lowest BCUT2D eigenvalue weighted by molar-refractivity contribution is -0.0157. The summed E-state index contributed by atoms with van der Waals surface area (Å²) in [4.78, 5) is 4.21. The number of aliphatic hydroxyl groups is 1. The van der Waals surface area contributed by atoms with Crippen LogP contribution >= 0.6 is 11.3 Å². The molecule has 0 spiro atoms. The van der Waals surface area contributed by atoms with Crippen LogP contribution in [-0.4, -0.2) is 28.7 Å². The lowest BCUT2D eigenvalue weighted by atomic mass is 9.68. The van der Waals surface area contributed by atoms with Gasteiger partial charge >= 0.3 is 0 Å². The summed E-state index contributed by atoms with van der Waals surface area (Å²) in [5, 5.41) is 12.4. The van der Waals surface area contributed by atoms with Gasteiger partial charge in [-0.05, 0) is 68.4 Å². The molecule has 2 aliphatic carbocycles. The van der Waals surface area contributed by atoms with Gasteiger partial charge in [-0.2, -0.15) is 0 Å². The summed E-state index contributed by atoms with van der Waals surface area (Å²) in [6.07, 6.45) is 8.67. The smallest absolute Gasteiger partial charge is 0.0571 e. The first-order valence-electron chi connectivity index (χ1n) is 8.72. The summed E-state index contributed by atoms with van der Waals surface area (Å²) in [5.74, 6) is 1.37. The Labute approximate surface area is 133 Å². The maximum atomic E-state index is 10.2. The molecule has 21 heavy (non-hydrogen) atoms. The Bertz CT molecular complexity index is 419. The summed E-state index contributed by atoms with van der Waals surface area (Å²) in [6.45, 7) is 4.62. The zero-order valence-electron chi connectivity index (χ0n) is 13.2. The van der Waals surface area contributed by atoms with E-state index in [2.05, 4.69) is 29.3 Å². The first-order valence-corrected chi connectivity index (χ1v) is 9.60. The molecule has 1 aromatic rings. The highest BCUT2D eigenvalue weighted by molar-refractivity contribution is 7.09. The van der Waals surface area contributed by atoms with Crippen LogP contribution in [0.5, 0.6) is 0 Å². The van der Waals surface area contributed by atoms with E-state index in [0.717, 1.165) is 24.9 Å². The Hall–Kier alpha value is -0.380. The summed E-state index contributed by atoms with van der Waals surface area (Å²) in [6, 6.07) is 5.17. The molecule has 0 radical (unpaired) electrons. The average molecular weight is 308 g/mol. The number of thiophene rings is 1. The molecule has 0 amide bonds. The third kappa shape index (κ3) is 3.69. The van der Waals surface area contributed by atoms with Gasteiger partial charge in [-0.3, -0.25) is 4.90 Å². The summed E-state index contributed by atoms with van der Waals surface area (Å²) >= 11 is 1.88. The van der Waals surface area contributed by atoms with Gasteiger partial charge in [0.25, 0.3) is 0 Å². The van der Waals surface area contributed by atoms with Gasteiger partial charge in [0.2, 0.25) is 0 Å². The molecule has 4 atom stereocenters. The van der Waals surface area contributed by atoms with E-state index in [1.165, 1.54) is 49.9 Å². The van der Waals surface area contributed by atoms with Gasteiger partial charge in [-0.1, -0.05) is 19.4 Å². The van der Waals surface area contributed by atoms with Gasteiger partial charge in [0.15, 0.2) is 0 Å². The van der Waals surface area contributed by atoms with Crippen LogP contribution in [0.4, 0.5) is 0 Å². The quantitative estimate of drug-likeness (QED) is 0.877. The molecule has 118 valence electrons. The normalized spacial score (nSPS) is 33.1. The Morgan fingerprint density at radius 2 is 2.19 bits per heavy atom. The molecular formula is C18H29NOS. The first-order chi connectivity index (χ1) is 10.3. The second-order valence-corrected chi connectivity index (χ2v) is 7.97. The molecule has 1 heterocycles. The summed E-state index contributed by atoms with van der Waals surface area (Å²) < 4.78 is 0. The molecule has 3 rings (SSSR count). The number of hydrogen-bond acceptors (Lipinski definition) is 3. The molecule has 1 aromatic heterocycles. The van der Waals surface area contributed by atoms with E-state index in [-0.39, 0.29) is 6.10 Å². The van der Waals surface area contributed by atoms with Crippen molar-refractivity contribution in [2.45, 2.75) is 70.6 Å². The standard InChI is InChI=1S/C18H29NOS/c1-2-10-19(13-16-6-4-11-21-16)15-8-9-17-14(12-15)5-3-7-18(17)20/h4,6,11,14-15,17-18,20H,2-3,5,7-10,12-13H2,1H3/t14?,15-,17?,18?/m0/s1. The summed E-state index contributed by atoms with van der Waals surface area (Å²) in [7, 11) is 0. The Morgan fingerprint density at radius 1 is 1.29 bits per heavy atom. The highest BCUT2D eigenvalue weighted by Gasteiger charge is 2.38. The van der Waals surface area contributed by atoms with Crippen LogP contribution in [0.25, 0.3) is 0 Å². The van der Waals surface area contributed by atoms with Crippen LogP contribution in [-0.2, 0) is 6.54 Å². The van der Waals surface area contributed by atoms with E-state index in [0.29, 0.717) is 5.92 Å². The Kier molecular flexibility index (Phi) is 5.36. The van der Waals surface area contributed by atoms with E-state index in [9.17, 15) is 5.11 Å². The minimum atomic E-state index is -0.0124. The van der Waals surface area contributed by atoms with Gasteiger partial charge < -0.3 is 5.11 Å². The van der Waals surface area contributed by atoms with Gasteiger partial charge in [0.1, 0.15) is 0 Å². The van der Waals surface area contributed by atoms with Crippen LogP contribution < -0.4 is 0 Å². The van der Waals surface area contributed by atoms with Crippen molar-refractivity contribution in [1.29, 1.82) is 0 Å². The maximum Gasteiger partial charge on any atom is 0.0571 e. The fourth-order valence-corrected chi connectivity index (χ4v) is 5.25. The average Bonchev–Trinajstić information content (AvgIpc) is 3.00. The van der Waals surface area contributed by atoms with Crippen molar-refractivity contribution in [3.05, 3.63) is 22.4 Å². The molecular weight excluding hydrogens is 278 g/mol. The summed E-state index contributed by atoms with van der Waals surface area (Å²) in [5.41, 5.74) is 0. The zero-order chi connectivity index (χ0) is 14.7. The molecule has 2 aliphatic rings. The fourth-order valence-electron chi connectivity index (χ4n) is 4.52. The molecule has 0 saturated heterocycles. The second-order valence-electron chi connectivity index (χ2n) is 6.94. The maximum absolute atomic E-state index is 10.2. The van der Waals surface area contributed by atoms with Crippen molar-refractivity contribution in [3.63, 3.8) is 0 Å². The largest absolute Gasteiger partial charge is 0.393 e. The van der Waals surface area contributed by atoms with E-state index in [1.807, 2.05) is 11.3 Å². The number of aliphatic hydroxyl groups excluding tert-OH is 1. The first kappa shape index (κ1) is 15.5. The van der Waals surface area contributed by atoms with E-state index >= 15 is 0 Å². The molecule has 2 nitrogen and oxygen atoms in total. The molecule has 0 bridgehead atoms. The Morgan fingerprint density at radius 3 is 2.95 bits per heavy atom. The van der Waals surface area contributed by atoms with Crippen LogP contribution in [0.1, 0.15) is 56.7 Å². The van der Waals surface area contributed by atoms with Crippen molar-refractivity contribution in [2.24, 2.45) is 11.8 Å². The zero-order valence-corrected chi connectivity index (χ0v) is 14.0.